The number of amides is 1. The molecule has 3 aromatic heterocycles. The third-order valence-corrected chi connectivity index (χ3v) is 6.51. The number of piperazine rings is 1. The standard InChI is InChI=1S/C21H21N5O3S/c1-14-18-19(26(23-14)16-3-5-17(28-2)6-4-16)22-21(30-18)25-10-8-24(9-11-25)20(27)15-7-12-29-13-15/h3-7,12-13H,8-11H2,1-2H3. The van der Waals surface area contributed by atoms with Gasteiger partial charge < -0.3 is 19.0 Å². The monoisotopic (exact) mass is 423 g/mol. The molecule has 9 heteroatoms. The van der Waals surface area contributed by atoms with Crippen LogP contribution in [0.25, 0.3) is 16.0 Å². The van der Waals surface area contributed by atoms with Crippen LogP contribution >= 0.6 is 11.3 Å². The predicted molar refractivity (Wildman–Crippen MR) is 115 cm³/mol. The second-order valence-electron chi connectivity index (χ2n) is 7.14. The van der Waals surface area contributed by atoms with Crippen molar-refractivity contribution in [2.75, 3.05) is 38.2 Å². The Morgan fingerprint density at radius 2 is 1.90 bits per heavy atom. The molecule has 0 spiro atoms. The zero-order chi connectivity index (χ0) is 20.7. The van der Waals surface area contributed by atoms with Gasteiger partial charge in [-0.3, -0.25) is 4.79 Å². The lowest BCUT2D eigenvalue weighted by Gasteiger charge is -2.34. The second-order valence-corrected chi connectivity index (χ2v) is 8.11. The fourth-order valence-corrected chi connectivity index (χ4v) is 4.67. The third-order valence-electron chi connectivity index (χ3n) is 5.30. The van der Waals surface area contributed by atoms with Crippen LogP contribution in [-0.4, -0.2) is 58.9 Å². The molecule has 0 saturated carbocycles. The number of thiazole rings is 1. The molecule has 0 aliphatic carbocycles. The molecule has 4 heterocycles. The van der Waals surface area contributed by atoms with Gasteiger partial charge in [0.1, 0.15) is 12.0 Å². The summed E-state index contributed by atoms with van der Waals surface area (Å²) in [4.78, 5) is 21.5. The van der Waals surface area contributed by atoms with Crippen LogP contribution < -0.4 is 9.64 Å². The predicted octanol–water partition coefficient (Wildman–Crippen LogP) is 3.35. The van der Waals surface area contributed by atoms with Crippen molar-refractivity contribution in [1.29, 1.82) is 0 Å². The van der Waals surface area contributed by atoms with Gasteiger partial charge in [-0.1, -0.05) is 11.3 Å². The van der Waals surface area contributed by atoms with E-state index in [-0.39, 0.29) is 5.91 Å². The second kappa shape index (κ2) is 7.49. The minimum Gasteiger partial charge on any atom is -0.497 e. The molecule has 0 N–H and O–H groups in total. The summed E-state index contributed by atoms with van der Waals surface area (Å²) in [6, 6.07) is 9.49. The van der Waals surface area contributed by atoms with Gasteiger partial charge in [0, 0.05) is 26.2 Å². The van der Waals surface area contributed by atoms with Crippen molar-refractivity contribution in [3.8, 4) is 11.4 Å². The van der Waals surface area contributed by atoms with E-state index in [1.165, 1.54) is 12.5 Å². The van der Waals surface area contributed by atoms with Crippen molar-refractivity contribution in [2.45, 2.75) is 6.92 Å². The lowest BCUT2D eigenvalue weighted by molar-refractivity contribution is 0.0746. The van der Waals surface area contributed by atoms with E-state index in [4.69, 9.17) is 14.1 Å². The van der Waals surface area contributed by atoms with Crippen LogP contribution in [0.1, 0.15) is 16.1 Å². The lowest BCUT2D eigenvalue weighted by Crippen LogP contribution is -2.48. The number of methoxy groups -OCH3 is 1. The van der Waals surface area contributed by atoms with Crippen LogP contribution in [0.3, 0.4) is 0 Å². The Morgan fingerprint density at radius 1 is 1.13 bits per heavy atom. The number of aryl methyl sites for hydroxylation is 1. The molecule has 30 heavy (non-hydrogen) atoms. The fraction of sp³-hybridized carbons (Fsp3) is 0.286. The van der Waals surface area contributed by atoms with Crippen LogP contribution in [0.4, 0.5) is 5.13 Å². The molecule has 1 fully saturated rings. The van der Waals surface area contributed by atoms with Gasteiger partial charge in [0.25, 0.3) is 5.91 Å². The highest BCUT2D eigenvalue weighted by Crippen LogP contribution is 2.33. The van der Waals surface area contributed by atoms with Crippen molar-refractivity contribution >= 4 is 32.7 Å². The number of hydrogen-bond donors (Lipinski definition) is 0. The number of carbonyl (C=O) groups excluding carboxylic acids is 1. The van der Waals surface area contributed by atoms with Crippen molar-refractivity contribution in [2.24, 2.45) is 0 Å². The largest absolute Gasteiger partial charge is 0.497 e. The number of carbonyl (C=O) groups is 1. The van der Waals surface area contributed by atoms with Gasteiger partial charge in [-0.15, -0.1) is 0 Å². The first kappa shape index (κ1) is 18.7. The summed E-state index contributed by atoms with van der Waals surface area (Å²) < 4.78 is 13.2. The Labute approximate surface area is 177 Å². The van der Waals surface area contributed by atoms with Gasteiger partial charge in [-0.25, -0.2) is 4.68 Å². The number of aromatic nitrogens is 3. The number of benzene rings is 1. The van der Waals surface area contributed by atoms with E-state index in [2.05, 4.69) is 10.00 Å². The summed E-state index contributed by atoms with van der Waals surface area (Å²) >= 11 is 1.65. The molecule has 8 nitrogen and oxygen atoms in total. The van der Waals surface area contributed by atoms with E-state index in [9.17, 15) is 4.79 Å². The molecular formula is C21H21N5O3S. The number of hydrogen-bond acceptors (Lipinski definition) is 7. The quantitative estimate of drug-likeness (QED) is 0.501. The molecule has 1 aliphatic heterocycles. The Kier molecular flexibility index (Phi) is 4.66. The Bertz CT molecular complexity index is 1170. The topological polar surface area (TPSA) is 76.6 Å². The maximum absolute atomic E-state index is 12.5. The molecule has 0 bridgehead atoms. The van der Waals surface area contributed by atoms with Gasteiger partial charge in [0.2, 0.25) is 0 Å². The molecule has 1 saturated heterocycles. The molecule has 0 radical (unpaired) electrons. The van der Waals surface area contributed by atoms with Crippen LogP contribution in [0, 0.1) is 6.92 Å². The zero-order valence-corrected chi connectivity index (χ0v) is 17.6. The van der Waals surface area contributed by atoms with E-state index in [1.807, 2.05) is 40.8 Å². The number of furan rings is 1. The summed E-state index contributed by atoms with van der Waals surface area (Å²) in [7, 11) is 1.65. The van der Waals surface area contributed by atoms with E-state index in [0.717, 1.165) is 45.7 Å². The van der Waals surface area contributed by atoms with Crippen molar-refractivity contribution in [1.82, 2.24) is 19.7 Å². The summed E-state index contributed by atoms with van der Waals surface area (Å²) in [6.45, 7) is 4.81. The average molecular weight is 423 g/mol. The summed E-state index contributed by atoms with van der Waals surface area (Å²) in [6.07, 6.45) is 3.02. The first-order chi connectivity index (χ1) is 14.6. The van der Waals surface area contributed by atoms with Gasteiger partial charge in [-0.05, 0) is 37.3 Å². The lowest BCUT2D eigenvalue weighted by atomic mass is 10.2. The van der Waals surface area contributed by atoms with Crippen LogP contribution in [-0.2, 0) is 0 Å². The van der Waals surface area contributed by atoms with E-state index < -0.39 is 0 Å². The number of ether oxygens (including phenoxy) is 1. The highest BCUT2D eigenvalue weighted by molar-refractivity contribution is 7.22. The third kappa shape index (κ3) is 3.21. The van der Waals surface area contributed by atoms with Crippen LogP contribution in [0.15, 0.2) is 47.3 Å². The van der Waals surface area contributed by atoms with Crippen molar-refractivity contribution in [3.63, 3.8) is 0 Å². The molecule has 154 valence electrons. The number of anilines is 1. The van der Waals surface area contributed by atoms with E-state index in [1.54, 1.807) is 24.5 Å². The Balaban J connectivity index is 1.36. The molecular weight excluding hydrogens is 402 g/mol. The van der Waals surface area contributed by atoms with Crippen molar-refractivity contribution in [3.05, 3.63) is 54.1 Å². The van der Waals surface area contributed by atoms with Gasteiger partial charge >= 0.3 is 0 Å². The van der Waals surface area contributed by atoms with E-state index >= 15 is 0 Å². The fourth-order valence-electron chi connectivity index (χ4n) is 3.63. The number of fused-ring (bicyclic) bond motifs is 1. The minimum atomic E-state index is 0.0127. The first-order valence-corrected chi connectivity index (χ1v) is 10.5. The molecule has 0 unspecified atom stereocenters. The Morgan fingerprint density at radius 3 is 2.57 bits per heavy atom. The van der Waals surface area contributed by atoms with Gasteiger partial charge in [0.05, 0.1) is 35.0 Å². The highest BCUT2D eigenvalue weighted by Gasteiger charge is 2.25. The first-order valence-electron chi connectivity index (χ1n) is 9.71. The summed E-state index contributed by atoms with van der Waals surface area (Å²) in [5.41, 5.74) is 3.35. The van der Waals surface area contributed by atoms with Crippen LogP contribution in [0.5, 0.6) is 5.75 Å². The maximum Gasteiger partial charge on any atom is 0.257 e. The Hall–Kier alpha value is -3.33. The maximum atomic E-state index is 12.5. The van der Waals surface area contributed by atoms with Gasteiger partial charge in [-0.2, -0.15) is 10.1 Å². The summed E-state index contributed by atoms with van der Waals surface area (Å²) in [5.74, 6) is 0.819. The molecule has 1 aliphatic rings. The average Bonchev–Trinajstić information content (AvgIpc) is 3.52. The van der Waals surface area contributed by atoms with Crippen LogP contribution in [0.2, 0.25) is 0 Å². The highest BCUT2D eigenvalue weighted by atomic mass is 32.1. The van der Waals surface area contributed by atoms with Gasteiger partial charge in [0.15, 0.2) is 10.8 Å². The van der Waals surface area contributed by atoms with E-state index in [0.29, 0.717) is 18.7 Å². The van der Waals surface area contributed by atoms with Crippen molar-refractivity contribution < 1.29 is 13.9 Å². The minimum absolute atomic E-state index is 0.0127. The molecule has 5 rings (SSSR count). The molecule has 1 amide bonds. The summed E-state index contributed by atoms with van der Waals surface area (Å²) in [5, 5.41) is 5.63. The molecule has 1 aromatic carbocycles. The molecule has 0 atom stereocenters. The number of nitrogens with zero attached hydrogens (tertiary/aromatic N) is 5. The normalized spacial score (nSPS) is 14.5. The molecule has 4 aromatic rings. The smallest absolute Gasteiger partial charge is 0.257 e. The SMILES string of the molecule is COc1ccc(-n2nc(C)c3sc(N4CCN(C(=O)c5ccoc5)CC4)nc32)cc1. The zero-order valence-electron chi connectivity index (χ0n) is 16.7. The number of rotatable bonds is 4.